The van der Waals surface area contributed by atoms with E-state index in [4.69, 9.17) is 0 Å². The van der Waals surface area contributed by atoms with E-state index in [1.54, 1.807) is 13.1 Å². The van der Waals surface area contributed by atoms with Gasteiger partial charge in [-0.1, -0.05) is 23.9 Å². The van der Waals surface area contributed by atoms with Gasteiger partial charge in [0.25, 0.3) is 0 Å². The highest BCUT2D eigenvalue weighted by atomic mass is 32.2. The minimum atomic E-state index is 0.153. The van der Waals surface area contributed by atoms with Crippen molar-refractivity contribution in [2.24, 2.45) is 0 Å². The van der Waals surface area contributed by atoms with Gasteiger partial charge >= 0.3 is 0 Å². The maximum absolute atomic E-state index is 10.6. The average Bonchev–Trinajstić information content (AvgIpc) is 2.12. The van der Waals surface area contributed by atoms with Gasteiger partial charge in [0, 0.05) is 24.6 Å². The van der Waals surface area contributed by atoms with Gasteiger partial charge in [-0.3, -0.25) is 9.78 Å². The van der Waals surface area contributed by atoms with Crippen LogP contribution in [0.2, 0.25) is 0 Å². The molecular formula is C11H13NOS. The lowest BCUT2D eigenvalue weighted by atomic mass is 10.2. The Balaban J connectivity index is 2.47. The first-order chi connectivity index (χ1) is 6.68. The smallest absolute Gasteiger partial charge is 0.186 e. The summed E-state index contributed by atoms with van der Waals surface area (Å²) >= 11 is 1.31. The lowest BCUT2D eigenvalue weighted by Gasteiger charge is -1.94. The first kappa shape index (κ1) is 11.0. The van der Waals surface area contributed by atoms with Crippen molar-refractivity contribution in [3.05, 3.63) is 35.7 Å². The standard InChI is InChI=1S/C11H13NOS/c1-9-8-11(5-6-12-9)4-3-7-14-10(2)13/h3-6,8H,7H2,1-2H3. The number of aryl methyl sites for hydroxylation is 1. The van der Waals surface area contributed by atoms with Gasteiger partial charge in [-0.2, -0.15) is 0 Å². The summed E-state index contributed by atoms with van der Waals surface area (Å²) in [6, 6.07) is 3.96. The fourth-order valence-electron chi connectivity index (χ4n) is 1.02. The lowest BCUT2D eigenvalue weighted by molar-refractivity contribution is -0.109. The van der Waals surface area contributed by atoms with Gasteiger partial charge in [-0.15, -0.1) is 0 Å². The van der Waals surface area contributed by atoms with Crippen LogP contribution in [0.25, 0.3) is 6.08 Å². The molecule has 0 bridgehead atoms. The Bertz CT molecular complexity index is 347. The molecule has 0 radical (unpaired) electrons. The number of thioether (sulfide) groups is 1. The number of hydrogen-bond donors (Lipinski definition) is 0. The molecule has 0 saturated heterocycles. The molecule has 1 aromatic rings. The summed E-state index contributed by atoms with van der Waals surface area (Å²) in [5.41, 5.74) is 2.13. The zero-order valence-electron chi connectivity index (χ0n) is 8.36. The number of nitrogens with zero attached hydrogens (tertiary/aromatic N) is 1. The molecule has 0 atom stereocenters. The van der Waals surface area contributed by atoms with E-state index in [1.807, 2.05) is 31.2 Å². The molecule has 0 spiro atoms. The van der Waals surface area contributed by atoms with Crippen LogP contribution in [0.15, 0.2) is 24.4 Å². The van der Waals surface area contributed by atoms with Crippen molar-refractivity contribution in [3.63, 3.8) is 0 Å². The first-order valence-corrected chi connectivity index (χ1v) is 5.39. The molecule has 0 amide bonds. The van der Waals surface area contributed by atoms with Crippen LogP contribution in [0, 0.1) is 6.92 Å². The Morgan fingerprint density at radius 3 is 3.07 bits per heavy atom. The summed E-state index contributed by atoms with van der Waals surface area (Å²) in [6.45, 7) is 3.54. The molecule has 1 aromatic heterocycles. The van der Waals surface area contributed by atoms with Crippen LogP contribution in [0.4, 0.5) is 0 Å². The van der Waals surface area contributed by atoms with Gasteiger partial charge in [-0.25, -0.2) is 0 Å². The molecule has 0 aliphatic rings. The maximum Gasteiger partial charge on any atom is 0.186 e. The quantitative estimate of drug-likeness (QED) is 0.763. The van der Waals surface area contributed by atoms with Crippen molar-refractivity contribution in [1.82, 2.24) is 4.98 Å². The predicted molar refractivity (Wildman–Crippen MR) is 61.1 cm³/mol. The third-order valence-electron chi connectivity index (χ3n) is 1.61. The second-order valence-corrected chi connectivity index (χ2v) is 4.13. The molecule has 0 saturated carbocycles. The Morgan fingerprint density at radius 2 is 2.43 bits per heavy atom. The summed E-state index contributed by atoms with van der Waals surface area (Å²) in [4.78, 5) is 14.7. The Morgan fingerprint density at radius 1 is 1.64 bits per heavy atom. The first-order valence-electron chi connectivity index (χ1n) is 4.41. The van der Waals surface area contributed by atoms with Crippen molar-refractivity contribution in [2.75, 3.05) is 5.75 Å². The Hall–Kier alpha value is -1.09. The minimum Gasteiger partial charge on any atom is -0.288 e. The van der Waals surface area contributed by atoms with E-state index in [0.29, 0.717) is 0 Å². The van der Waals surface area contributed by atoms with E-state index in [9.17, 15) is 4.79 Å². The average molecular weight is 207 g/mol. The van der Waals surface area contributed by atoms with Crippen LogP contribution >= 0.6 is 11.8 Å². The van der Waals surface area contributed by atoms with E-state index >= 15 is 0 Å². The number of carbonyl (C=O) groups is 1. The van der Waals surface area contributed by atoms with Gasteiger partial charge in [0.15, 0.2) is 5.12 Å². The van der Waals surface area contributed by atoms with E-state index < -0.39 is 0 Å². The molecule has 0 aliphatic heterocycles. The summed E-state index contributed by atoms with van der Waals surface area (Å²) < 4.78 is 0. The molecule has 2 nitrogen and oxygen atoms in total. The zero-order valence-corrected chi connectivity index (χ0v) is 9.17. The summed E-state index contributed by atoms with van der Waals surface area (Å²) in [6.07, 6.45) is 5.78. The summed E-state index contributed by atoms with van der Waals surface area (Å²) in [7, 11) is 0. The fraction of sp³-hybridized carbons (Fsp3) is 0.273. The summed E-state index contributed by atoms with van der Waals surface area (Å²) in [5, 5.41) is 0.153. The molecular weight excluding hydrogens is 194 g/mol. The van der Waals surface area contributed by atoms with Crippen LogP contribution in [0.3, 0.4) is 0 Å². The SMILES string of the molecule is CC(=O)SCC=Cc1ccnc(C)c1. The monoisotopic (exact) mass is 207 g/mol. The molecule has 0 aliphatic carbocycles. The highest BCUT2D eigenvalue weighted by molar-refractivity contribution is 8.13. The van der Waals surface area contributed by atoms with Crippen molar-refractivity contribution in [3.8, 4) is 0 Å². The van der Waals surface area contributed by atoms with Crippen LogP contribution in [0.5, 0.6) is 0 Å². The largest absolute Gasteiger partial charge is 0.288 e. The van der Waals surface area contributed by atoms with Gasteiger partial charge in [0.05, 0.1) is 0 Å². The Labute approximate surface area is 88.4 Å². The second-order valence-electron chi connectivity index (χ2n) is 2.94. The van der Waals surface area contributed by atoms with Crippen LogP contribution < -0.4 is 0 Å². The van der Waals surface area contributed by atoms with Crippen molar-refractivity contribution in [2.45, 2.75) is 13.8 Å². The molecule has 1 rings (SSSR count). The molecule has 3 heteroatoms. The van der Waals surface area contributed by atoms with E-state index in [-0.39, 0.29) is 5.12 Å². The van der Waals surface area contributed by atoms with Gasteiger partial charge in [-0.05, 0) is 24.6 Å². The lowest BCUT2D eigenvalue weighted by Crippen LogP contribution is -1.83. The van der Waals surface area contributed by atoms with Crippen molar-refractivity contribution in [1.29, 1.82) is 0 Å². The normalized spacial score (nSPS) is 10.7. The molecule has 14 heavy (non-hydrogen) atoms. The van der Waals surface area contributed by atoms with Crippen molar-refractivity contribution >= 4 is 23.0 Å². The maximum atomic E-state index is 10.6. The predicted octanol–water partition coefficient (Wildman–Crippen LogP) is 2.68. The second kappa shape index (κ2) is 5.60. The van der Waals surface area contributed by atoms with Crippen LogP contribution in [-0.4, -0.2) is 15.9 Å². The topological polar surface area (TPSA) is 30.0 Å². The van der Waals surface area contributed by atoms with Crippen molar-refractivity contribution < 1.29 is 4.79 Å². The molecule has 0 aromatic carbocycles. The number of rotatable bonds is 3. The van der Waals surface area contributed by atoms with E-state index in [1.165, 1.54) is 11.8 Å². The van der Waals surface area contributed by atoms with Crippen LogP contribution in [0.1, 0.15) is 18.2 Å². The zero-order chi connectivity index (χ0) is 10.4. The highest BCUT2D eigenvalue weighted by Gasteiger charge is 1.90. The Kier molecular flexibility index (Phi) is 4.40. The number of pyridine rings is 1. The fourth-order valence-corrected chi connectivity index (χ4v) is 1.45. The highest BCUT2D eigenvalue weighted by Crippen LogP contribution is 2.06. The third-order valence-corrected chi connectivity index (χ3v) is 2.38. The van der Waals surface area contributed by atoms with E-state index in [0.717, 1.165) is 17.0 Å². The molecule has 0 N–H and O–H groups in total. The van der Waals surface area contributed by atoms with Gasteiger partial charge < -0.3 is 0 Å². The van der Waals surface area contributed by atoms with Gasteiger partial charge in [0.1, 0.15) is 0 Å². The number of carbonyl (C=O) groups excluding carboxylic acids is 1. The van der Waals surface area contributed by atoms with Gasteiger partial charge in [0.2, 0.25) is 0 Å². The molecule has 1 heterocycles. The molecule has 0 unspecified atom stereocenters. The van der Waals surface area contributed by atoms with Crippen LogP contribution in [-0.2, 0) is 4.79 Å². The van der Waals surface area contributed by atoms with E-state index in [2.05, 4.69) is 4.98 Å². The third kappa shape index (κ3) is 4.23. The molecule has 74 valence electrons. The molecule has 0 fully saturated rings. The summed E-state index contributed by atoms with van der Waals surface area (Å²) in [5.74, 6) is 0.733. The number of aromatic nitrogens is 1. The number of hydrogen-bond acceptors (Lipinski definition) is 3. The minimum absolute atomic E-state index is 0.153.